The summed E-state index contributed by atoms with van der Waals surface area (Å²) in [5.41, 5.74) is -0.124. The molecule has 0 aliphatic rings. The molecule has 3 aromatic carbocycles. The van der Waals surface area contributed by atoms with Crippen molar-refractivity contribution in [1.29, 1.82) is 0 Å². The van der Waals surface area contributed by atoms with Crippen LogP contribution in [-0.2, 0) is 10.1 Å². The first kappa shape index (κ1) is 28.5. The number of hydrogen-bond donors (Lipinski definition) is 1. The van der Waals surface area contributed by atoms with E-state index >= 15 is 0 Å². The van der Waals surface area contributed by atoms with Crippen molar-refractivity contribution >= 4 is 131 Å². The van der Waals surface area contributed by atoms with Gasteiger partial charge in [0.2, 0.25) is 0 Å². The van der Waals surface area contributed by atoms with E-state index in [0.717, 1.165) is 4.47 Å². The van der Waals surface area contributed by atoms with Gasteiger partial charge in [-0.15, -0.1) is 0 Å². The van der Waals surface area contributed by atoms with Gasteiger partial charge < -0.3 is 9.47 Å². The van der Waals surface area contributed by atoms with Gasteiger partial charge >= 0.3 is 11.9 Å². The van der Waals surface area contributed by atoms with Crippen molar-refractivity contribution in [3.05, 3.63) is 78.6 Å². The molecular weight excluding hydrogens is 958 g/mol. The van der Waals surface area contributed by atoms with E-state index in [1.54, 1.807) is 63.4 Å². The highest BCUT2D eigenvalue weighted by molar-refractivity contribution is 14.1. The van der Waals surface area contributed by atoms with Crippen LogP contribution in [0.4, 0.5) is 0 Å². The minimum atomic E-state index is -4.46. The SMILES string of the molecule is O=C(Oc1cc(I)c(S(=O)(=O)O)c(I)c1)c1cc(Br)ccc1C(=O)Oc1c(Br)cc(Br)cc1Br. The second kappa shape index (κ2) is 11.5. The summed E-state index contributed by atoms with van der Waals surface area (Å²) in [4.78, 5) is 25.7. The van der Waals surface area contributed by atoms with Crippen molar-refractivity contribution < 1.29 is 32.0 Å². The molecule has 0 bridgehead atoms. The van der Waals surface area contributed by atoms with Gasteiger partial charge in [-0.3, -0.25) is 4.55 Å². The monoisotopic (exact) mass is 961 g/mol. The molecule has 0 unspecified atom stereocenters. The minimum absolute atomic E-state index is 0.0314. The predicted molar refractivity (Wildman–Crippen MR) is 155 cm³/mol. The van der Waals surface area contributed by atoms with Crippen molar-refractivity contribution in [3.63, 3.8) is 0 Å². The topological polar surface area (TPSA) is 107 Å². The molecule has 178 valence electrons. The van der Waals surface area contributed by atoms with E-state index in [9.17, 15) is 22.6 Å². The molecule has 7 nitrogen and oxygen atoms in total. The molecule has 14 heteroatoms. The average Bonchev–Trinajstić information content (AvgIpc) is 2.68. The lowest BCUT2D eigenvalue weighted by atomic mass is 10.1. The number of hydrogen-bond acceptors (Lipinski definition) is 6. The summed E-state index contributed by atoms with van der Waals surface area (Å²) in [7, 11) is -4.46. The Morgan fingerprint density at radius 3 is 1.82 bits per heavy atom. The average molecular weight is 966 g/mol. The molecule has 3 aromatic rings. The molecular formula is C20H8Br4I2O7S. The molecule has 0 saturated heterocycles. The van der Waals surface area contributed by atoms with Crippen molar-refractivity contribution in [2.45, 2.75) is 4.90 Å². The van der Waals surface area contributed by atoms with Gasteiger partial charge in [-0.2, -0.15) is 8.42 Å². The highest BCUT2D eigenvalue weighted by atomic mass is 127. The molecule has 0 amide bonds. The Bertz CT molecular complexity index is 1400. The zero-order chi connectivity index (χ0) is 25.4. The van der Waals surface area contributed by atoms with E-state index in [1.807, 2.05) is 0 Å². The normalized spacial score (nSPS) is 11.3. The molecule has 0 spiro atoms. The quantitative estimate of drug-likeness (QED) is 0.121. The van der Waals surface area contributed by atoms with Crippen LogP contribution in [0.15, 0.2) is 65.3 Å². The molecule has 34 heavy (non-hydrogen) atoms. The molecule has 0 aromatic heterocycles. The largest absolute Gasteiger partial charge is 0.423 e. The molecule has 0 saturated carbocycles. The molecule has 0 fully saturated rings. The highest BCUT2D eigenvalue weighted by Crippen LogP contribution is 2.37. The van der Waals surface area contributed by atoms with Crippen LogP contribution >= 0.6 is 109 Å². The van der Waals surface area contributed by atoms with E-state index in [4.69, 9.17) is 9.47 Å². The Labute approximate surface area is 254 Å². The van der Waals surface area contributed by atoms with Gasteiger partial charge in [-0.05, 0) is 120 Å². The number of carbonyl (C=O) groups excluding carboxylic acids is 2. The summed E-state index contributed by atoms with van der Waals surface area (Å²) in [5.74, 6) is -1.41. The van der Waals surface area contributed by atoms with Crippen LogP contribution in [0, 0.1) is 7.14 Å². The van der Waals surface area contributed by atoms with Crippen LogP contribution in [-0.4, -0.2) is 24.9 Å². The Kier molecular flexibility index (Phi) is 9.64. The molecule has 1 N–H and O–H groups in total. The third-order valence-electron chi connectivity index (χ3n) is 4.02. The number of halogens is 6. The fraction of sp³-hybridized carbons (Fsp3) is 0. The van der Waals surface area contributed by atoms with Crippen LogP contribution < -0.4 is 9.47 Å². The highest BCUT2D eigenvalue weighted by Gasteiger charge is 2.25. The van der Waals surface area contributed by atoms with Gasteiger partial charge in [0.1, 0.15) is 10.6 Å². The molecule has 3 rings (SSSR count). The lowest BCUT2D eigenvalue weighted by Crippen LogP contribution is -2.18. The van der Waals surface area contributed by atoms with Crippen molar-refractivity contribution in [2.24, 2.45) is 0 Å². The zero-order valence-electron chi connectivity index (χ0n) is 16.1. The summed E-state index contributed by atoms with van der Waals surface area (Å²) in [6.45, 7) is 0. The number of carbonyl (C=O) groups is 2. The second-order valence-electron chi connectivity index (χ2n) is 6.36. The van der Waals surface area contributed by atoms with E-state index in [2.05, 4.69) is 63.7 Å². The maximum Gasteiger partial charge on any atom is 0.344 e. The summed E-state index contributed by atoms with van der Waals surface area (Å²) >= 11 is 16.7. The molecule has 0 atom stereocenters. The molecule has 0 aliphatic carbocycles. The molecule has 0 radical (unpaired) electrons. The first-order valence-corrected chi connectivity index (χ1v) is 15.4. The summed E-state index contributed by atoms with van der Waals surface area (Å²) < 4.78 is 46.1. The maximum atomic E-state index is 13.0. The second-order valence-corrected chi connectivity index (χ2v) is 13.6. The van der Waals surface area contributed by atoms with Crippen LogP contribution in [0.25, 0.3) is 0 Å². The zero-order valence-corrected chi connectivity index (χ0v) is 27.6. The Hall–Kier alpha value is -0.110. The van der Waals surface area contributed by atoms with Crippen LogP contribution in [0.5, 0.6) is 11.5 Å². The lowest BCUT2D eigenvalue weighted by molar-refractivity contribution is 0.0690. The Morgan fingerprint density at radius 2 is 1.29 bits per heavy atom. The van der Waals surface area contributed by atoms with Gasteiger partial charge in [0.15, 0.2) is 5.75 Å². The Balaban J connectivity index is 1.95. The first-order chi connectivity index (χ1) is 15.8. The first-order valence-electron chi connectivity index (χ1n) is 8.63. The van der Waals surface area contributed by atoms with E-state index in [1.165, 1.54) is 24.3 Å². The predicted octanol–water partition coefficient (Wildman–Crippen LogP) is 7.63. The van der Waals surface area contributed by atoms with Crippen LogP contribution in [0.3, 0.4) is 0 Å². The third kappa shape index (κ3) is 6.80. The third-order valence-corrected chi connectivity index (χ3v) is 9.54. The van der Waals surface area contributed by atoms with Gasteiger partial charge in [0.05, 0.1) is 20.1 Å². The van der Waals surface area contributed by atoms with E-state index in [-0.39, 0.29) is 34.7 Å². The van der Waals surface area contributed by atoms with Crippen molar-refractivity contribution in [1.82, 2.24) is 0 Å². The minimum Gasteiger partial charge on any atom is -0.423 e. The molecule has 0 aliphatic heterocycles. The van der Waals surface area contributed by atoms with Crippen LogP contribution in [0.1, 0.15) is 20.7 Å². The van der Waals surface area contributed by atoms with Gasteiger partial charge in [-0.1, -0.05) is 31.9 Å². The summed E-state index contributed by atoms with van der Waals surface area (Å²) in [6, 6.07) is 10.4. The lowest BCUT2D eigenvalue weighted by Gasteiger charge is -2.13. The van der Waals surface area contributed by atoms with Crippen LogP contribution in [0.2, 0.25) is 0 Å². The standard InChI is InChI=1S/C20H8Br4I2O7S/c21-8-1-2-11(19(27)33-17-13(23)4-9(22)5-14(17)24)12(3-8)20(28)32-10-6-15(25)18(16(26)7-10)34(29,30)31/h1-7H,(H,29,30,31). The van der Waals surface area contributed by atoms with Crippen molar-refractivity contribution in [2.75, 3.05) is 0 Å². The van der Waals surface area contributed by atoms with Gasteiger partial charge in [0, 0.05) is 16.1 Å². The summed E-state index contributed by atoms with van der Waals surface area (Å²) in [6.07, 6.45) is 0. The Morgan fingerprint density at radius 1 is 0.765 bits per heavy atom. The number of ether oxygens (including phenoxy) is 2. The number of rotatable bonds is 5. The van der Waals surface area contributed by atoms with Crippen molar-refractivity contribution in [3.8, 4) is 11.5 Å². The number of benzene rings is 3. The van der Waals surface area contributed by atoms with Gasteiger partial charge in [-0.25, -0.2) is 9.59 Å². The van der Waals surface area contributed by atoms with Gasteiger partial charge in [0.25, 0.3) is 10.1 Å². The maximum absolute atomic E-state index is 13.0. The fourth-order valence-corrected chi connectivity index (χ4v) is 9.41. The van der Waals surface area contributed by atoms with E-state index in [0.29, 0.717) is 13.4 Å². The summed E-state index contributed by atoms with van der Waals surface area (Å²) in [5, 5.41) is 0. The fourth-order valence-electron chi connectivity index (χ4n) is 2.64. The van der Waals surface area contributed by atoms with E-state index < -0.39 is 22.1 Å². The number of esters is 2. The molecule has 0 heterocycles. The smallest absolute Gasteiger partial charge is 0.344 e.